The number of carbonyl (C=O) groups is 1. The zero-order valence-electron chi connectivity index (χ0n) is 10.6. The molecule has 1 N–H and O–H groups in total. The van der Waals surface area contributed by atoms with Gasteiger partial charge in [0.15, 0.2) is 0 Å². The van der Waals surface area contributed by atoms with Gasteiger partial charge in [0.05, 0.1) is 16.7 Å². The minimum absolute atomic E-state index is 0.0260. The average Bonchev–Trinajstić information content (AvgIpc) is 2.43. The van der Waals surface area contributed by atoms with Crippen LogP contribution in [0.3, 0.4) is 0 Å². The summed E-state index contributed by atoms with van der Waals surface area (Å²) in [5, 5.41) is 9.71. The van der Waals surface area contributed by atoms with Gasteiger partial charge in [-0.1, -0.05) is 29.3 Å². The molecule has 0 radical (unpaired) electrons. The molecule has 0 spiro atoms. The van der Waals surface area contributed by atoms with Gasteiger partial charge in [-0.05, 0) is 19.1 Å². The predicted molar refractivity (Wildman–Crippen MR) is 77.8 cm³/mol. The van der Waals surface area contributed by atoms with Crippen LogP contribution in [0.1, 0.15) is 17.4 Å². The first-order chi connectivity index (χ1) is 9.52. The third-order valence-electron chi connectivity index (χ3n) is 2.62. The number of hydrogen-bond donors (Lipinski definition) is 1. The molecule has 1 aromatic carbocycles. The molecule has 0 atom stereocenters. The summed E-state index contributed by atoms with van der Waals surface area (Å²) in [7, 11) is 0. The fraction of sp³-hybridized carbons (Fsp3) is 0.143. The van der Waals surface area contributed by atoms with Crippen molar-refractivity contribution in [2.75, 3.05) is 6.61 Å². The molecule has 104 valence electrons. The number of carboxylic acids is 1. The Kier molecular flexibility index (Phi) is 4.47. The average molecular weight is 312 g/mol. The van der Waals surface area contributed by atoms with Crippen LogP contribution < -0.4 is 4.74 Å². The second-order valence-electron chi connectivity index (χ2n) is 3.93. The molecular weight excluding hydrogens is 301 g/mol. The first-order valence-electron chi connectivity index (χ1n) is 5.84. The third-order valence-corrected chi connectivity index (χ3v) is 3.22. The fourth-order valence-electron chi connectivity index (χ4n) is 1.70. The molecule has 2 rings (SSSR count). The van der Waals surface area contributed by atoms with Gasteiger partial charge in [0.2, 0.25) is 0 Å². The highest BCUT2D eigenvalue weighted by Gasteiger charge is 2.11. The third kappa shape index (κ3) is 3.03. The number of rotatable bonds is 4. The zero-order chi connectivity index (χ0) is 14.7. The minimum atomic E-state index is -1.08. The summed E-state index contributed by atoms with van der Waals surface area (Å²) in [5.74, 6) is -0.564. The number of pyridine rings is 1. The predicted octanol–water partition coefficient (Wildman–Crippen LogP) is 4.15. The van der Waals surface area contributed by atoms with Crippen LogP contribution in [0.25, 0.3) is 11.1 Å². The van der Waals surface area contributed by atoms with Gasteiger partial charge in [-0.3, -0.25) is 0 Å². The van der Waals surface area contributed by atoms with Crippen LogP contribution in [0.4, 0.5) is 0 Å². The molecule has 0 aliphatic heterocycles. The molecule has 0 saturated carbocycles. The quantitative estimate of drug-likeness (QED) is 0.921. The maximum absolute atomic E-state index is 10.8. The Balaban J connectivity index is 2.42. The van der Waals surface area contributed by atoms with E-state index in [2.05, 4.69) is 4.98 Å². The van der Waals surface area contributed by atoms with Crippen molar-refractivity contribution in [2.24, 2.45) is 0 Å². The normalized spacial score (nSPS) is 10.3. The van der Waals surface area contributed by atoms with E-state index in [-0.39, 0.29) is 5.69 Å². The summed E-state index contributed by atoms with van der Waals surface area (Å²) in [6.07, 6.45) is 1.45. The fourth-order valence-corrected chi connectivity index (χ4v) is 2.18. The van der Waals surface area contributed by atoms with Crippen LogP contribution in [-0.4, -0.2) is 22.7 Å². The SMILES string of the molecule is CCOc1cc(Cl)c(-c2ccc(C(=O)O)nc2)cc1Cl. The zero-order valence-corrected chi connectivity index (χ0v) is 12.1. The van der Waals surface area contributed by atoms with E-state index in [0.29, 0.717) is 33.5 Å². The summed E-state index contributed by atoms with van der Waals surface area (Å²) in [6, 6.07) is 6.35. The highest BCUT2D eigenvalue weighted by Crippen LogP contribution is 2.36. The van der Waals surface area contributed by atoms with Crippen molar-refractivity contribution in [1.82, 2.24) is 4.98 Å². The van der Waals surface area contributed by atoms with Gasteiger partial charge in [0.25, 0.3) is 0 Å². The summed E-state index contributed by atoms with van der Waals surface area (Å²) < 4.78 is 5.35. The molecule has 4 nitrogen and oxygen atoms in total. The lowest BCUT2D eigenvalue weighted by Gasteiger charge is -2.10. The van der Waals surface area contributed by atoms with Gasteiger partial charge >= 0.3 is 5.97 Å². The van der Waals surface area contributed by atoms with Gasteiger partial charge in [-0.25, -0.2) is 9.78 Å². The van der Waals surface area contributed by atoms with E-state index < -0.39 is 5.97 Å². The lowest BCUT2D eigenvalue weighted by Crippen LogP contribution is -1.99. The van der Waals surface area contributed by atoms with E-state index in [9.17, 15) is 4.79 Å². The summed E-state index contributed by atoms with van der Waals surface area (Å²) in [4.78, 5) is 14.6. The summed E-state index contributed by atoms with van der Waals surface area (Å²) in [6.45, 7) is 2.34. The number of aromatic nitrogens is 1. The van der Waals surface area contributed by atoms with E-state index in [1.807, 2.05) is 6.92 Å². The standard InChI is InChI=1S/C14H11Cl2NO3/c1-2-20-13-6-10(15)9(5-11(13)16)8-3-4-12(14(18)19)17-7-8/h3-7H,2H2,1H3,(H,18,19). The summed E-state index contributed by atoms with van der Waals surface area (Å²) >= 11 is 12.3. The van der Waals surface area contributed by atoms with Gasteiger partial charge in [-0.2, -0.15) is 0 Å². The molecule has 1 heterocycles. The van der Waals surface area contributed by atoms with Crippen molar-refractivity contribution >= 4 is 29.2 Å². The Bertz CT molecular complexity index is 642. The van der Waals surface area contributed by atoms with Crippen molar-refractivity contribution < 1.29 is 14.6 Å². The molecule has 0 aliphatic rings. The topological polar surface area (TPSA) is 59.4 Å². The van der Waals surface area contributed by atoms with Crippen molar-refractivity contribution in [2.45, 2.75) is 6.92 Å². The molecule has 6 heteroatoms. The Morgan fingerprint density at radius 3 is 2.60 bits per heavy atom. The molecule has 0 unspecified atom stereocenters. The van der Waals surface area contributed by atoms with Gasteiger partial charge < -0.3 is 9.84 Å². The van der Waals surface area contributed by atoms with Gasteiger partial charge in [0, 0.05) is 23.4 Å². The number of halogens is 2. The van der Waals surface area contributed by atoms with E-state index in [1.54, 1.807) is 18.2 Å². The van der Waals surface area contributed by atoms with E-state index in [0.717, 1.165) is 0 Å². The lowest BCUT2D eigenvalue weighted by atomic mass is 10.1. The first kappa shape index (κ1) is 14.6. The van der Waals surface area contributed by atoms with Crippen molar-refractivity contribution in [3.8, 4) is 16.9 Å². The lowest BCUT2D eigenvalue weighted by molar-refractivity contribution is 0.0690. The van der Waals surface area contributed by atoms with E-state index in [1.165, 1.54) is 12.3 Å². The van der Waals surface area contributed by atoms with Crippen molar-refractivity contribution in [3.63, 3.8) is 0 Å². The minimum Gasteiger partial charge on any atom is -0.492 e. The van der Waals surface area contributed by atoms with Crippen LogP contribution >= 0.6 is 23.2 Å². The number of hydrogen-bond acceptors (Lipinski definition) is 3. The molecule has 0 fully saturated rings. The van der Waals surface area contributed by atoms with Crippen LogP contribution in [0.15, 0.2) is 30.5 Å². The van der Waals surface area contributed by atoms with Crippen molar-refractivity contribution in [1.29, 1.82) is 0 Å². The summed E-state index contributed by atoms with van der Waals surface area (Å²) in [5.41, 5.74) is 1.33. The highest BCUT2D eigenvalue weighted by atomic mass is 35.5. The second-order valence-corrected chi connectivity index (χ2v) is 4.75. The van der Waals surface area contributed by atoms with Gasteiger partial charge in [0.1, 0.15) is 11.4 Å². The van der Waals surface area contributed by atoms with Crippen LogP contribution in [0.2, 0.25) is 10.0 Å². The van der Waals surface area contributed by atoms with Crippen LogP contribution in [0, 0.1) is 0 Å². The van der Waals surface area contributed by atoms with Gasteiger partial charge in [-0.15, -0.1) is 0 Å². The van der Waals surface area contributed by atoms with Crippen LogP contribution in [0.5, 0.6) is 5.75 Å². The molecule has 0 amide bonds. The largest absolute Gasteiger partial charge is 0.492 e. The monoisotopic (exact) mass is 311 g/mol. The van der Waals surface area contributed by atoms with Crippen molar-refractivity contribution in [3.05, 3.63) is 46.2 Å². The number of ether oxygens (including phenoxy) is 1. The molecule has 1 aromatic heterocycles. The maximum atomic E-state index is 10.8. The molecular formula is C14H11Cl2NO3. The smallest absolute Gasteiger partial charge is 0.354 e. The Morgan fingerprint density at radius 1 is 1.30 bits per heavy atom. The number of benzene rings is 1. The molecule has 0 aliphatic carbocycles. The number of aromatic carboxylic acids is 1. The highest BCUT2D eigenvalue weighted by molar-refractivity contribution is 6.36. The Hall–Kier alpha value is -1.78. The Labute approximate surface area is 125 Å². The van der Waals surface area contributed by atoms with E-state index >= 15 is 0 Å². The second kappa shape index (κ2) is 6.11. The Morgan fingerprint density at radius 2 is 2.05 bits per heavy atom. The first-order valence-corrected chi connectivity index (χ1v) is 6.60. The maximum Gasteiger partial charge on any atom is 0.354 e. The molecule has 0 saturated heterocycles. The molecule has 2 aromatic rings. The van der Waals surface area contributed by atoms with Crippen LogP contribution in [-0.2, 0) is 0 Å². The van der Waals surface area contributed by atoms with E-state index in [4.69, 9.17) is 33.0 Å². The number of carboxylic acid groups (broad SMARTS) is 1. The molecule has 20 heavy (non-hydrogen) atoms. The number of nitrogens with zero attached hydrogens (tertiary/aromatic N) is 1. The molecule has 0 bridgehead atoms.